The third-order valence-corrected chi connectivity index (χ3v) is 7.04. The summed E-state index contributed by atoms with van der Waals surface area (Å²) in [5, 5.41) is -0.458. The van der Waals surface area contributed by atoms with Crippen molar-refractivity contribution in [1.82, 2.24) is 0 Å². The number of sulfone groups is 1. The Morgan fingerprint density at radius 2 is 1.75 bits per heavy atom. The molecule has 0 radical (unpaired) electrons. The van der Waals surface area contributed by atoms with Gasteiger partial charge >= 0.3 is 0 Å². The molecule has 0 saturated heterocycles. The van der Waals surface area contributed by atoms with Gasteiger partial charge in [0, 0.05) is 6.04 Å². The highest BCUT2D eigenvalue weighted by Gasteiger charge is 2.41. The lowest BCUT2D eigenvalue weighted by Gasteiger charge is -2.37. The monoisotopic (exact) mass is 295 g/mol. The van der Waals surface area contributed by atoms with E-state index < -0.39 is 15.1 Å². The Morgan fingerprint density at radius 3 is 2.30 bits per heavy atom. The minimum Gasteiger partial charge on any atom is -0.326 e. The smallest absolute Gasteiger partial charge is 0.183 e. The molecule has 1 aromatic rings. The zero-order valence-electron chi connectivity index (χ0n) is 12.8. The highest BCUT2D eigenvalue weighted by atomic mass is 32.2. The first-order valence-corrected chi connectivity index (χ1v) is 8.85. The topological polar surface area (TPSA) is 60.2 Å². The van der Waals surface area contributed by atoms with Crippen LogP contribution in [0.1, 0.15) is 37.8 Å². The maximum atomic E-state index is 12.9. The van der Waals surface area contributed by atoms with Crippen molar-refractivity contribution in [2.45, 2.75) is 56.7 Å². The van der Waals surface area contributed by atoms with Crippen molar-refractivity contribution < 1.29 is 8.42 Å². The van der Waals surface area contributed by atoms with E-state index in [1.54, 1.807) is 12.1 Å². The summed E-state index contributed by atoms with van der Waals surface area (Å²) in [5.41, 5.74) is 8.29. The molecule has 4 unspecified atom stereocenters. The molecule has 0 spiro atoms. The van der Waals surface area contributed by atoms with E-state index in [0.29, 0.717) is 10.8 Å². The lowest BCUT2D eigenvalue weighted by Crippen LogP contribution is -2.49. The fourth-order valence-electron chi connectivity index (χ4n) is 3.47. The molecule has 112 valence electrons. The largest absolute Gasteiger partial charge is 0.326 e. The molecule has 0 aromatic heterocycles. The summed E-state index contributed by atoms with van der Waals surface area (Å²) in [7, 11) is -3.35. The van der Waals surface area contributed by atoms with Crippen LogP contribution in [0.2, 0.25) is 0 Å². The lowest BCUT2D eigenvalue weighted by molar-refractivity contribution is 0.271. The van der Waals surface area contributed by atoms with Gasteiger partial charge in [-0.05, 0) is 61.8 Å². The molecule has 4 heteroatoms. The predicted octanol–water partition coefficient (Wildman–Crippen LogP) is 2.84. The van der Waals surface area contributed by atoms with Crippen molar-refractivity contribution in [3.05, 3.63) is 29.3 Å². The van der Waals surface area contributed by atoms with Crippen LogP contribution in [0.3, 0.4) is 0 Å². The van der Waals surface area contributed by atoms with Gasteiger partial charge in [-0.15, -0.1) is 0 Å². The maximum Gasteiger partial charge on any atom is 0.183 e. The fraction of sp³-hybridized carbons (Fsp3) is 0.625. The summed E-state index contributed by atoms with van der Waals surface area (Å²) in [4.78, 5) is 0.419. The number of nitrogens with two attached hydrogens (primary N) is 1. The fourth-order valence-corrected chi connectivity index (χ4v) is 5.68. The zero-order chi connectivity index (χ0) is 15.1. The van der Waals surface area contributed by atoms with Gasteiger partial charge in [0.05, 0.1) is 10.1 Å². The van der Waals surface area contributed by atoms with Gasteiger partial charge in [0.15, 0.2) is 9.84 Å². The Morgan fingerprint density at radius 1 is 1.10 bits per heavy atom. The van der Waals surface area contributed by atoms with Gasteiger partial charge in [-0.3, -0.25) is 0 Å². The van der Waals surface area contributed by atoms with Gasteiger partial charge in [-0.25, -0.2) is 8.42 Å². The van der Waals surface area contributed by atoms with Crippen molar-refractivity contribution in [2.75, 3.05) is 0 Å². The van der Waals surface area contributed by atoms with Gasteiger partial charge in [-0.2, -0.15) is 0 Å². The van der Waals surface area contributed by atoms with Crippen LogP contribution in [0.5, 0.6) is 0 Å². The number of hydrogen-bond acceptors (Lipinski definition) is 3. The van der Waals surface area contributed by atoms with E-state index >= 15 is 0 Å². The van der Waals surface area contributed by atoms with E-state index in [0.717, 1.165) is 24.0 Å². The number of hydrogen-bond donors (Lipinski definition) is 1. The molecule has 3 nitrogen and oxygen atoms in total. The standard InChI is InChI=1S/C16H25NO2S/c1-10-7-13(4)16(15(17)8-10)20(18,19)14-6-5-11(2)12(3)9-14/h5-6,9-10,13,15-16H,7-8,17H2,1-4H3. The van der Waals surface area contributed by atoms with Crippen LogP contribution in [0, 0.1) is 25.7 Å². The highest BCUT2D eigenvalue weighted by molar-refractivity contribution is 7.92. The number of rotatable bonds is 2. The van der Waals surface area contributed by atoms with E-state index in [-0.39, 0.29) is 12.0 Å². The second kappa shape index (κ2) is 5.49. The van der Waals surface area contributed by atoms with E-state index in [2.05, 4.69) is 6.92 Å². The van der Waals surface area contributed by atoms with Crippen molar-refractivity contribution in [1.29, 1.82) is 0 Å². The lowest BCUT2D eigenvalue weighted by atomic mass is 9.80. The van der Waals surface area contributed by atoms with Gasteiger partial charge in [-0.1, -0.05) is 19.9 Å². The van der Waals surface area contributed by atoms with Crippen LogP contribution < -0.4 is 5.73 Å². The molecule has 4 atom stereocenters. The quantitative estimate of drug-likeness (QED) is 0.912. The number of benzene rings is 1. The van der Waals surface area contributed by atoms with Crippen LogP contribution in [-0.2, 0) is 9.84 Å². The first kappa shape index (κ1) is 15.5. The Labute approximate surface area is 122 Å². The Balaban J connectivity index is 2.41. The Kier molecular flexibility index (Phi) is 4.26. The van der Waals surface area contributed by atoms with Crippen molar-refractivity contribution in [2.24, 2.45) is 17.6 Å². The molecule has 0 heterocycles. The van der Waals surface area contributed by atoms with Gasteiger partial charge in [0.2, 0.25) is 0 Å². The first-order valence-electron chi connectivity index (χ1n) is 7.30. The second-order valence-electron chi connectivity index (χ2n) is 6.47. The van der Waals surface area contributed by atoms with Gasteiger partial charge in [0.25, 0.3) is 0 Å². The number of aryl methyl sites for hydroxylation is 2. The van der Waals surface area contributed by atoms with Crippen LogP contribution in [0.15, 0.2) is 23.1 Å². The minimum atomic E-state index is -3.35. The van der Waals surface area contributed by atoms with Gasteiger partial charge < -0.3 is 5.73 Å². The molecule has 1 fully saturated rings. The molecule has 2 rings (SSSR count). The van der Waals surface area contributed by atoms with Crippen LogP contribution >= 0.6 is 0 Å². The van der Waals surface area contributed by atoms with E-state index in [9.17, 15) is 8.42 Å². The summed E-state index contributed by atoms with van der Waals surface area (Å²) in [6.45, 7) is 8.09. The molecule has 0 aliphatic heterocycles. The summed E-state index contributed by atoms with van der Waals surface area (Å²) in [6.07, 6.45) is 1.72. The van der Waals surface area contributed by atoms with Crippen molar-refractivity contribution in [3.63, 3.8) is 0 Å². The molecular weight excluding hydrogens is 270 g/mol. The Bertz CT molecular complexity index is 582. The third kappa shape index (κ3) is 2.77. The SMILES string of the molecule is Cc1ccc(S(=O)(=O)C2C(C)CC(C)CC2N)cc1C. The molecule has 1 aromatic carbocycles. The van der Waals surface area contributed by atoms with Crippen LogP contribution in [0.25, 0.3) is 0 Å². The summed E-state index contributed by atoms with van der Waals surface area (Å²) in [6, 6.07) is 5.11. The van der Waals surface area contributed by atoms with Crippen LogP contribution in [-0.4, -0.2) is 19.7 Å². The summed E-state index contributed by atoms with van der Waals surface area (Å²) >= 11 is 0. The maximum absolute atomic E-state index is 12.9. The molecule has 1 aliphatic carbocycles. The van der Waals surface area contributed by atoms with E-state index in [1.807, 2.05) is 26.8 Å². The molecule has 0 amide bonds. The Hall–Kier alpha value is -0.870. The summed E-state index contributed by atoms with van der Waals surface area (Å²) in [5.74, 6) is 0.617. The molecule has 0 bridgehead atoms. The third-order valence-electron chi connectivity index (χ3n) is 4.60. The normalized spacial score (nSPS) is 31.2. The molecular formula is C16H25NO2S. The van der Waals surface area contributed by atoms with Crippen molar-refractivity contribution in [3.8, 4) is 0 Å². The average Bonchev–Trinajstić information content (AvgIpc) is 2.30. The average molecular weight is 295 g/mol. The molecule has 1 aliphatic rings. The van der Waals surface area contributed by atoms with E-state index in [1.165, 1.54) is 0 Å². The van der Waals surface area contributed by atoms with Crippen LogP contribution in [0.4, 0.5) is 0 Å². The molecule has 2 N–H and O–H groups in total. The predicted molar refractivity (Wildman–Crippen MR) is 82.4 cm³/mol. The molecule has 1 saturated carbocycles. The zero-order valence-corrected chi connectivity index (χ0v) is 13.6. The second-order valence-corrected chi connectivity index (χ2v) is 8.58. The minimum absolute atomic E-state index is 0.111. The first-order chi connectivity index (χ1) is 9.23. The molecule has 20 heavy (non-hydrogen) atoms. The summed E-state index contributed by atoms with van der Waals surface area (Å²) < 4.78 is 25.8. The van der Waals surface area contributed by atoms with Gasteiger partial charge in [0.1, 0.15) is 0 Å². The highest BCUT2D eigenvalue weighted by Crippen LogP contribution is 2.35. The van der Waals surface area contributed by atoms with Crippen molar-refractivity contribution >= 4 is 9.84 Å². The van der Waals surface area contributed by atoms with E-state index in [4.69, 9.17) is 5.73 Å².